The van der Waals surface area contributed by atoms with Crippen LogP contribution in [-0.4, -0.2) is 8.42 Å². The Morgan fingerprint density at radius 3 is 2.26 bits per heavy atom. The Balaban J connectivity index is 2.08. The number of hydrogen-bond acceptors (Lipinski definition) is 3. The second-order valence-electron chi connectivity index (χ2n) is 5.40. The van der Waals surface area contributed by atoms with Crippen molar-refractivity contribution in [2.75, 3.05) is 0 Å². The average Bonchev–Trinajstić information content (AvgIpc) is 2.51. The van der Waals surface area contributed by atoms with Crippen LogP contribution < -0.4 is 4.18 Å². The van der Waals surface area contributed by atoms with Crippen LogP contribution in [0.2, 0.25) is 5.02 Å². The lowest BCUT2D eigenvalue weighted by molar-refractivity contribution is 0.488. The third kappa shape index (κ3) is 3.05. The first kappa shape index (κ1) is 15.8. The number of halogens is 1. The largest absolute Gasteiger partial charge is 0.378 e. The molecule has 0 amide bonds. The predicted octanol–water partition coefficient (Wildman–Crippen LogP) is 4.88. The van der Waals surface area contributed by atoms with Gasteiger partial charge in [0.05, 0.1) is 5.02 Å². The zero-order valence-corrected chi connectivity index (χ0v) is 14.3. The molecule has 0 aliphatic heterocycles. The lowest BCUT2D eigenvalue weighted by atomic mass is 10.1. The topological polar surface area (TPSA) is 43.4 Å². The van der Waals surface area contributed by atoms with E-state index >= 15 is 0 Å². The van der Waals surface area contributed by atoms with Gasteiger partial charge in [0.15, 0.2) is 5.75 Å². The van der Waals surface area contributed by atoms with E-state index in [9.17, 15) is 8.42 Å². The van der Waals surface area contributed by atoms with E-state index in [1.54, 1.807) is 24.3 Å². The highest BCUT2D eigenvalue weighted by Gasteiger charge is 2.18. The first-order chi connectivity index (χ1) is 10.9. The van der Waals surface area contributed by atoms with E-state index in [1.165, 1.54) is 12.1 Å². The zero-order valence-electron chi connectivity index (χ0n) is 12.7. The van der Waals surface area contributed by atoms with E-state index in [0.29, 0.717) is 10.4 Å². The van der Waals surface area contributed by atoms with Crippen LogP contribution in [0.5, 0.6) is 5.75 Å². The summed E-state index contributed by atoms with van der Waals surface area (Å²) in [4.78, 5) is 0.123. The molecule has 118 valence electrons. The molecule has 3 rings (SSSR count). The molecule has 5 heteroatoms. The van der Waals surface area contributed by atoms with Crippen molar-refractivity contribution < 1.29 is 12.6 Å². The van der Waals surface area contributed by atoms with Gasteiger partial charge in [0, 0.05) is 10.8 Å². The van der Waals surface area contributed by atoms with Crippen LogP contribution in [0, 0.1) is 13.8 Å². The van der Waals surface area contributed by atoms with Crippen molar-refractivity contribution in [1.82, 2.24) is 0 Å². The van der Waals surface area contributed by atoms with Crippen LogP contribution in [0.1, 0.15) is 11.1 Å². The van der Waals surface area contributed by atoms with E-state index in [0.717, 1.165) is 16.5 Å². The summed E-state index contributed by atoms with van der Waals surface area (Å²) >= 11 is 6.30. The van der Waals surface area contributed by atoms with Gasteiger partial charge in [-0.25, -0.2) is 0 Å². The second kappa shape index (κ2) is 5.87. The van der Waals surface area contributed by atoms with Crippen LogP contribution >= 0.6 is 11.6 Å². The minimum atomic E-state index is -3.89. The molecular weight excluding hydrogens is 332 g/mol. The summed E-state index contributed by atoms with van der Waals surface area (Å²) in [5.74, 6) is 0.268. The van der Waals surface area contributed by atoms with Crippen LogP contribution in [0.4, 0.5) is 0 Å². The van der Waals surface area contributed by atoms with E-state index < -0.39 is 10.1 Å². The summed E-state index contributed by atoms with van der Waals surface area (Å²) < 4.78 is 30.3. The molecule has 0 saturated carbocycles. The maximum atomic E-state index is 12.5. The maximum absolute atomic E-state index is 12.5. The fourth-order valence-corrected chi connectivity index (χ4v) is 3.52. The fraction of sp³-hybridized carbons (Fsp3) is 0.111. The molecule has 0 fully saturated rings. The van der Waals surface area contributed by atoms with Gasteiger partial charge in [0.2, 0.25) is 0 Å². The average molecular weight is 347 g/mol. The number of aryl methyl sites for hydroxylation is 2. The molecule has 0 unspecified atom stereocenters. The molecule has 3 aromatic rings. The first-order valence-corrected chi connectivity index (χ1v) is 8.86. The number of benzene rings is 3. The van der Waals surface area contributed by atoms with Crippen LogP contribution in [-0.2, 0) is 10.1 Å². The molecule has 0 N–H and O–H groups in total. The Labute approximate surface area is 140 Å². The van der Waals surface area contributed by atoms with Crippen molar-refractivity contribution >= 4 is 32.5 Å². The predicted molar refractivity (Wildman–Crippen MR) is 92.7 cm³/mol. The molecular formula is C18H15ClO3S. The maximum Gasteiger partial charge on any atom is 0.339 e. The van der Waals surface area contributed by atoms with Crippen LogP contribution in [0.3, 0.4) is 0 Å². The Morgan fingerprint density at radius 1 is 0.870 bits per heavy atom. The van der Waals surface area contributed by atoms with Crippen molar-refractivity contribution in [3.8, 4) is 5.75 Å². The van der Waals surface area contributed by atoms with Gasteiger partial charge in [-0.2, -0.15) is 8.42 Å². The van der Waals surface area contributed by atoms with Crippen molar-refractivity contribution in [2.45, 2.75) is 18.7 Å². The highest BCUT2D eigenvalue weighted by atomic mass is 35.5. The highest BCUT2D eigenvalue weighted by molar-refractivity contribution is 7.87. The molecule has 0 saturated heterocycles. The van der Waals surface area contributed by atoms with Crippen molar-refractivity contribution in [3.05, 3.63) is 70.7 Å². The molecule has 0 atom stereocenters. The molecule has 0 bridgehead atoms. The molecule has 0 heterocycles. The molecule has 3 aromatic carbocycles. The summed E-state index contributed by atoms with van der Waals surface area (Å²) in [6.07, 6.45) is 0. The summed E-state index contributed by atoms with van der Waals surface area (Å²) in [6, 6.07) is 15.4. The Bertz CT molecular complexity index is 977. The minimum absolute atomic E-state index is 0.123. The summed E-state index contributed by atoms with van der Waals surface area (Å²) in [6.45, 7) is 3.80. The van der Waals surface area contributed by atoms with E-state index in [2.05, 4.69) is 0 Å². The van der Waals surface area contributed by atoms with E-state index in [4.69, 9.17) is 15.8 Å². The number of hydrogen-bond donors (Lipinski definition) is 0. The highest BCUT2D eigenvalue weighted by Crippen LogP contribution is 2.34. The molecule has 3 nitrogen and oxygen atoms in total. The van der Waals surface area contributed by atoms with Gasteiger partial charge in [-0.05, 0) is 37.6 Å². The number of rotatable bonds is 3. The fourth-order valence-electron chi connectivity index (χ4n) is 2.35. The third-order valence-corrected chi connectivity index (χ3v) is 5.41. The lowest BCUT2D eigenvalue weighted by Gasteiger charge is -2.11. The van der Waals surface area contributed by atoms with E-state index in [-0.39, 0.29) is 10.6 Å². The van der Waals surface area contributed by atoms with Gasteiger partial charge in [-0.1, -0.05) is 53.6 Å². The van der Waals surface area contributed by atoms with Crippen molar-refractivity contribution in [2.24, 2.45) is 0 Å². The van der Waals surface area contributed by atoms with Gasteiger partial charge in [0.1, 0.15) is 4.90 Å². The van der Waals surface area contributed by atoms with Crippen molar-refractivity contribution in [1.29, 1.82) is 0 Å². The first-order valence-electron chi connectivity index (χ1n) is 7.07. The minimum Gasteiger partial charge on any atom is -0.378 e. The Morgan fingerprint density at radius 2 is 1.57 bits per heavy atom. The molecule has 0 spiro atoms. The molecule has 0 aliphatic carbocycles. The molecule has 23 heavy (non-hydrogen) atoms. The molecule has 0 aliphatic rings. The van der Waals surface area contributed by atoms with Gasteiger partial charge < -0.3 is 4.18 Å². The van der Waals surface area contributed by atoms with Gasteiger partial charge in [-0.3, -0.25) is 0 Å². The lowest BCUT2D eigenvalue weighted by Crippen LogP contribution is -2.10. The van der Waals surface area contributed by atoms with Gasteiger partial charge in [-0.15, -0.1) is 0 Å². The van der Waals surface area contributed by atoms with Crippen LogP contribution in [0.15, 0.2) is 59.5 Å². The molecule has 0 aromatic heterocycles. The second-order valence-corrected chi connectivity index (χ2v) is 7.32. The van der Waals surface area contributed by atoms with Gasteiger partial charge in [0.25, 0.3) is 0 Å². The van der Waals surface area contributed by atoms with Crippen molar-refractivity contribution in [3.63, 3.8) is 0 Å². The quantitative estimate of drug-likeness (QED) is 0.635. The summed E-state index contributed by atoms with van der Waals surface area (Å²) in [5.41, 5.74) is 1.91. The zero-order chi connectivity index (χ0) is 16.6. The Kier molecular flexibility index (Phi) is 4.04. The summed E-state index contributed by atoms with van der Waals surface area (Å²) in [5, 5.41) is 2.03. The standard InChI is InChI=1S/C18H15ClO3S/c1-12-6-9-14(10-7-12)23(20,21)22-17-5-3-4-16-15(17)11-8-13(2)18(16)19/h3-11H,1-2H3. The molecule has 0 radical (unpaired) electrons. The monoisotopic (exact) mass is 346 g/mol. The summed E-state index contributed by atoms with van der Waals surface area (Å²) in [7, 11) is -3.89. The third-order valence-electron chi connectivity index (χ3n) is 3.66. The SMILES string of the molecule is Cc1ccc(S(=O)(=O)Oc2cccc3c(Cl)c(C)ccc23)cc1. The van der Waals surface area contributed by atoms with Gasteiger partial charge >= 0.3 is 10.1 Å². The van der Waals surface area contributed by atoms with E-state index in [1.807, 2.05) is 32.0 Å². The Hall–Kier alpha value is -2.04. The number of fused-ring (bicyclic) bond motifs is 1. The smallest absolute Gasteiger partial charge is 0.339 e. The normalized spacial score (nSPS) is 11.6. The van der Waals surface area contributed by atoms with Crippen LogP contribution in [0.25, 0.3) is 10.8 Å².